The highest BCUT2D eigenvalue weighted by Crippen LogP contribution is 2.28. The minimum Gasteiger partial charge on any atom is -0.494 e. The number of nitro benzene ring substituents is 1. The van der Waals surface area contributed by atoms with Gasteiger partial charge in [-0.3, -0.25) is 19.8 Å². The highest BCUT2D eigenvalue weighted by Gasteiger charge is 2.15. The van der Waals surface area contributed by atoms with E-state index in [1.165, 1.54) is 25.3 Å². The van der Waals surface area contributed by atoms with Crippen LogP contribution in [0, 0.1) is 10.1 Å². The van der Waals surface area contributed by atoms with E-state index in [0.29, 0.717) is 18.8 Å². The van der Waals surface area contributed by atoms with Crippen LogP contribution in [0.2, 0.25) is 0 Å². The molecule has 2 aromatic rings. The van der Waals surface area contributed by atoms with Gasteiger partial charge in [0.2, 0.25) is 5.91 Å². The molecule has 0 saturated heterocycles. The van der Waals surface area contributed by atoms with Crippen LogP contribution in [0.3, 0.4) is 0 Å². The van der Waals surface area contributed by atoms with Crippen molar-refractivity contribution in [3.8, 4) is 5.75 Å². The second-order valence-electron chi connectivity index (χ2n) is 5.63. The molecular formula is C19H21N3O4. The number of benzene rings is 2. The molecule has 7 nitrogen and oxygen atoms in total. The zero-order valence-corrected chi connectivity index (χ0v) is 14.6. The van der Waals surface area contributed by atoms with Gasteiger partial charge in [0.05, 0.1) is 30.3 Å². The average Bonchev–Trinajstić information content (AvgIpc) is 2.62. The molecule has 0 radical (unpaired) electrons. The predicted molar refractivity (Wildman–Crippen MR) is 100 cm³/mol. The first-order chi connectivity index (χ1) is 12.5. The number of ether oxygens (including phenoxy) is 1. The smallest absolute Gasteiger partial charge is 0.273 e. The number of carbonyl (C=O) groups excluding carboxylic acids is 1. The fourth-order valence-electron chi connectivity index (χ4n) is 2.50. The summed E-state index contributed by atoms with van der Waals surface area (Å²) in [4.78, 5) is 24.7. The molecule has 0 bridgehead atoms. The van der Waals surface area contributed by atoms with Gasteiger partial charge in [-0.2, -0.15) is 0 Å². The minimum absolute atomic E-state index is 0.0998. The van der Waals surface area contributed by atoms with Gasteiger partial charge < -0.3 is 10.1 Å². The van der Waals surface area contributed by atoms with Crippen molar-refractivity contribution in [1.82, 2.24) is 4.90 Å². The number of carbonyl (C=O) groups is 1. The predicted octanol–water partition coefficient (Wildman–Crippen LogP) is 3.23. The topological polar surface area (TPSA) is 84.7 Å². The van der Waals surface area contributed by atoms with Gasteiger partial charge in [-0.05, 0) is 11.6 Å². The van der Waals surface area contributed by atoms with E-state index < -0.39 is 4.92 Å². The van der Waals surface area contributed by atoms with Crippen molar-refractivity contribution >= 4 is 17.3 Å². The van der Waals surface area contributed by atoms with Crippen molar-refractivity contribution in [3.05, 3.63) is 76.9 Å². The Morgan fingerprint density at radius 3 is 2.65 bits per heavy atom. The second-order valence-corrected chi connectivity index (χ2v) is 5.63. The maximum absolute atomic E-state index is 12.4. The number of methoxy groups -OCH3 is 1. The van der Waals surface area contributed by atoms with Crippen LogP contribution in [0.25, 0.3) is 0 Å². The first kappa shape index (κ1) is 19.1. The molecule has 0 aromatic heterocycles. The number of nitro groups is 1. The lowest BCUT2D eigenvalue weighted by Crippen LogP contribution is -2.33. The summed E-state index contributed by atoms with van der Waals surface area (Å²) >= 11 is 0. The summed E-state index contributed by atoms with van der Waals surface area (Å²) in [6.07, 6.45) is 1.74. The molecule has 26 heavy (non-hydrogen) atoms. The molecule has 0 spiro atoms. The van der Waals surface area contributed by atoms with Crippen LogP contribution in [-0.4, -0.2) is 35.9 Å². The normalized spacial score (nSPS) is 10.4. The number of nitrogens with zero attached hydrogens (tertiary/aromatic N) is 2. The largest absolute Gasteiger partial charge is 0.494 e. The molecule has 2 aromatic carbocycles. The Kier molecular flexibility index (Phi) is 6.87. The number of amides is 1. The van der Waals surface area contributed by atoms with Crippen LogP contribution in [0.5, 0.6) is 5.75 Å². The molecule has 1 N–H and O–H groups in total. The Hall–Kier alpha value is -3.19. The van der Waals surface area contributed by atoms with Gasteiger partial charge in [0.1, 0.15) is 5.75 Å². The zero-order chi connectivity index (χ0) is 18.9. The average molecular weight is 355 g/mol. The lowest BCUT2D eigenvalue weighted by molar-refractivity contribution is -0.384. The Morgan fingerprint density at radius 1 is 1.31 bits per heavy atom. The number of anilines is 1. The van der Waals surface area contributed by atoms with Crippen LogP contribution in [0.4, 0.5) is 11.4 Å². The molecule has 0 heterocycles. The quantitative estimate of drug-likeness (QED) is 0.424. The number of hydrogen-bond donors (Lipinski definition) is 1. The Bertz CT molecular complexity index is 778. The molecule has 0 unspecified atom stereocenters. The highest BCUT2D eigenvalue weighted by atomic mass is 16.6. The van der Waals surface area contributed by atoms with Gasteiger partial charge in [-0.25, -0.2) is 0 Å². The van der Waals surface area contributed by atoms with Crippen molar-refractivity contribution in [2.24, 2.45) is 0 Å². The molecule has 136 valence electrons. The van der Waals surface area contributed by atoms with Crippen LogP contribution < -0.4 is 10.1 Å². The molecule has 0 atom stereocenters. The van der Waals surface area contributed by atoms with E-state index in [4.69, 9.17) is 4.74 Å². The number of rotatable bonds is 9. The van der Waals surface area contributed by atoms with Gasteiger partial charge in [0.25, 0.3) is 5.69 Å². The summed E-state index contributed by atoms with van der Waals surface area (Å²) in [5.41, 5.74) is 1.38. The van der Waals surface area contributed by atoms with Gasteiger partial charge in [-0.1, -0.05) is 36.4 Å². The molecule has 1 amide bonds. The standard InChI is InChI=1S/C19H21N3O4/c1-3-11-21(13-15-7-5-4-6-8-15)14-19(23)20-17-10-9-16(22(24)25)12-18(17)26-2/h3-10,12H,1,11,13-14H2,2H3,(H,20,23). The first-order valence-electron chi connectivity index (χ1n) is 8.03. The van der Waals surface area contributed by atoms with Gasteiger partial charge >= 0.3 is 0 Å². The van der Waals surface area contributed by atoms with E-state index in [2.05, 4.69) is 11.9 Å². The van der Waals surface area contributed by atoms with E-state index in [1.54, 1.807) is 6.08 Å². The third-order valence-corrected chi connectivity index (χ3v) is 3.67. The number of nitrogens with one attached hydrogen (secondary N) is 1. The first-order valence-corrected chi connectivity index (χ1v) is 8.03. The van der Waals surface area contributed by atoms with Crippen LogP contribution in [0.1, 0.15) is 5.56 Å². The van der Waals surface area contributed by atoms with Crippen LogP contribution >= 0.6 is 0 Å². The number of hydrogen-bond acceptors (Lipinski definition) is 5. The van der Waals surface area contributed by atoms with Crippen molar-refractivity contribution in [3.63, 3.8) is 0 Å². The van der Waals surface area contributed by atoms with Crippen LogP contribution in [-0.2, 0) is 11.3 Å². The van der Waals surface area contributed by atoms with Gasteiger partial charge in [-0.15, -0.1) is 6.58 Å². The van der Waals surface area contributed by atoms with E-state index in [9.17, 15) is 14.9 Å². The summed E-state index contributed by atoms with van der Waals surface area (Å²) in [5.74, 6) is 0.000754. The minimum atomic E-state index is -0.514. The lowest BCUT2D eigenvalue weighted by Gasteiger charge is -2.20. The highest BCUT2D eigenvalue weighted by molar-refractivity contribution is 5.93. The van der Waals surface area contributed by atoms with E-state index in [-0.39, 0.29) is 23.9 Å². The fourth-order valence-corrected chi connectivity index (χ4v) is 2.50. The summed E-state index contributed by atoms with van der Waals surface area (Å²) in [5, 5.41) is 13.6. The SMILES string of the molecule is C=CCN(CC(=O)Nc1ccc([N+](=O)[O-])cc1OC)Cc1ccccc1. The lowest BCUT2D eigenvalue weighted by atomic mass is 10.2. The Labute approximate surface area is 152 Å². The van der Waals surface area contributed by atoms with Crippen molar-refractivity contribution in [1.29, 1.82) is 0 Å². The Morgan fingerprint density at radius 2 is 2.04 bits per heavy atom. The van der Waals surface area contributed by atoms with E-state index in [1.807, 2.05) is 35.2 Å². The molecule has 0 aliphatic rings. The molecule has 0 aliphatic heterocycles. The van der Waals surface area contributed by atoms with Gasteiger partial charge in [0, 0.05) is 19.2 Å². The molecule has 2 rings (SSSR count). The summed E-state index contributed by atoms with van der Waals surface area (Å²) < 4.78 is 5.14. The fraction of sp³-hybridized carbons (Fsp3) is 0.211. The van der Waals surface area contributed by atoms with E-state index in [0.717, 1.165) is 5.56 Å². The summed E-state index contributed by atoms with van der Waals surface area (Å²) in [7, 11) is 1.40. The maximum atomic E-state index is 12.4. The zero-order valence-electron chi connectivity index (χ0n) is 14.6. The summed E-state index contributed by atoms with van der Waals surface area (Å²) in [6, 6.07) is 13.9. The van der Waals surface area contributed by atoms with Crippen LogP contribution in [0.15, 0.2) is 61.2 Å². The van der Waals surface area contributed by atoms with Crippen molar-refractivity contribution in [2.45, 2.75) is 6.54 Å². The second kappa shape index (κ2) is 9.33. The summed E-state index contributed by atoms with van der Waals surface area (Å²) in [6.45, 7) is 5.05. The molecule has 0 aliphatic carbocycles. The van der Waals surface area contributed by atoms with Gasteiger partial charge in [0.15, 0.2) is 0 Å². The molecular weight excluding hydrogens is 334 g/mol. The molecule has 0 fully saturated rings. The van der Waals surface area contributed by atoms with Crippen molar-refractivity contribution < 1.29 is 14.5 Å². The monoisotopic (exact) mass is 355 g/mol. The molecule has 7 heteroatoms. The Balaban J connectivity index is 2.05. The molecule has 0 saturated carbocycles. The van der Waals surface area contributed by atoms with E-state index >= 15 is 0 Å². The van der Waals surface area contributed by atoms with Crippen molar-refractivity contribution in [2.75, 3.05) is 25.5 Å². The number of non-ortho nitro benzene ring substituents is 1. The third-order valence-electron chi connectivity index (χ3n) is 3.67. The third kappa shape index (κ3) is 5.42. The maximum Gasteiger partial charge on any atom is 0.273 e.